The van der Waals surface area contributed by atoms with E-state index in [1.807, 2.05) is 24.4 Å². The minimum absolute atomic E-state index is 0.528. The molecule has 3 atom stereocenters. The molecule has 0 spiro atoms. The van der Waals surface area contributed by atoms with Crippen molar-refractivity contribution in [2.75, 3.05) is 12.4 Å². The van der Waals surface area contributed by atoms with Crippen LogP contribution in [0.3, 0.4) is 0 Å². The fourth-order valence-electron chi connectivity index (χ4n) is 3.34. The number of rotatable bonds is 3. The van der Waals surface area contributed by atoms with Gasteiger partial charge in [-0.05, 0) is 43.2 Å². The van der Waals surface area contributed by atoms with Gasteiger partial charge in [-0.2, -0.15) is 0 Å². The van der Waals surface area contributed by atoms with Gasteiger partial charge < -0.3 is 10.1 Å². The van der Waals surface area contributed by atoms with Crippen LogP contribution >= 0.6 is 0 Å². The second-order valence-electron chi connectivity index (χ2n) is 6.32. The van der Waals surface area contributed by atoms with E-state index in [1.54, 1.807) is 7.11 Å². The summed E-state index contributed by atoms with van der Waals surface area (Å²) in [5.41, 5.74) is 0. The number of anilines is 1. The van der Waals surface area contributed by atoms with Crippen molar-refractivity contribution < 1.29 is 4.74 Å². The average Bonchev–Trinajstić information content (AvgIpc) is 2.51. The van der Waals surface area contributed by atoms with Gasteiger partial charge in [-0.25, -0.2) is 4.98 Å². The van der Waals surface area contributed by atoms with Gasteiger partial charge in [0.2, 0.25) is 0 Å². The molecule has 3 nitrogen and oxygen atoms in total. The maximum atomic E-state index is 5.45. The van der Waals surface area contributed by atoms with Gasteiger partial charge in [0.1, 0.15) is 11.6 Å². The molecule has 1 saturated carbocycles. The largest absolute Gasteiger partial charge is 0.496 e. The van der Waals surface area contributed by atoms with E-state index >= 15 is 0 Å². The number of nitrogens with one attached hydrogen (secondary N) is 1. The van der Waals surface area contributed by atoms with Crippen LogP contribution in [-0.2, 0) is 0 Å². The predicted molar refractivity (Wildman–Crippen MR) is 87.9 cm³/mol. The van der Waals surface area contributed by atoms with Gasteiger partial charge in [0.05, 0.1) is 7.11 Å². The quantitative estimate of drug-likeness (QED) is 0.902. The molecule has 1 N–H and O–H groups in total. The fourth-order valence-corrected chi connectivity index (χ4v) is 3.34. The van der Waals surface area contributed by atoms with Crippen LogP contribution in [0.1, 0.15) is 33.1 Å². The number of benzene rings is 1. The lowest BCUT2D eigenvalue weighted by molar-refractivity contribution is 0.260. The van der Waals surface area contributed by atoms with Crippen molar-refractivity contribution in [3.8, 4) is 5.75 Å². The number of nitrogens with zero attached hydrogens (tertiary/aromatic N) is 1. The van der Waals surface area contributed by atoms with E-state index in [9.17, 15) is 0 Å². The third-order valence-electron chi connectivity index (χ3n) is 4.93. The summed E-state index contributed by atoms with van der Waals surface area (Å²) in [4.78, 5) is 4.55. The second-order valence-corrected chi connectivity index (χ2v) is 6.32. The summed E-state index contributed by atoms with van der Waals surface area (Å²) in [5.74, 6) is 3.51. The molecule has 1 fully saturated rings. The van der Waals surface area contributed by atoms with Crippen molar-refractivity contribution in [1.82, 2.24) is 4.98 Å². The minimum Gasteiger partial charge on any atom is -0.496 e. The number of hydrogen-bond donors (Lipinski definition) is 1. The zero-order chi connectivity index (χ0) is 14.8. The van der Waals surface area contributed by atoms with E-state index in [-0.39, 0.29) is 0 Å². The first kappa shape index (κ1) is 14.2. The Morgan fingerprint density at radius 1 is 1.10 bits per heavy atom. The molecule has 0 saturated heterocycles. The molecule has 3 unspecified atom stereocenters. The summed E-state index contributed by atoms with van der Waals surface area (Å²) >= 11 is 0. The van der Waals surface area contributed by atoms with E-state index < -0.39 is 0 Å². The minimum atomic E-state index is 0.528. The van der Waals surface area contributed by atoms with Crippen molar-refractivity contribution in [1.29, 1.82) is 0 Å². The van der Waals surface area contributed by atoms with E-state index in [0.29, 0.717) is 6.04 Å². The van der Waals surface area contributed by atoms with E-state index in [4.69, 9.17) is 4.74 Å². The zero-order valence-corrected chi connectivity index (χ0v) is 13.1. The Hall–Kier alpha value is -1.77. The summed E-state index contributed by atoms with van der Waals surface area (Å²) in [6.07, 6.45) is 5.62. The third-order valence-corrected chi connectivity index (χ3v) is 4.93. The number of aromatic nitrogens is 1. The van der Waals surface area contributed by atoms with E-state index in [1.165, 1.54) is 19.3 Å². The zero-order valence-electron chi connectivity index (χ0n) is 13.1. The SMILES string of the molecule is COc1cccc2c(NC3CCC(C)C(C)C3)nccc12. The van der Waals surface area contributed by atoms with Gasteiger partial charge in [0.25, 0.3) is 0 Å². The highest BCUT2D eigenvalue weighted by molar-refractivity contribution is 5.95. The number of ether oxygens (including phenoxy) is 1. The van der Waals surface area contributed by atoms with Gasteiger partial charge in [0, 0.05) is 23.0 Å². The third kappa shape index (κ3) is 2.82. The van der Waals surface area contributed by atoms with E-state index in [2.05, 4.69) is 30.2 Å². The Morgan fingerprint density at radius 2 is 1.95 bits per heavy atom. The van der Waals surface area contributed by atoms with Crippen LogP contribution in [-0.4, -0.2) is 18.1 Å². The van der Waals surface area contributed by atoms with Gasteiger partial charge in [-0.15, -0.1) is 0 Å². The van der Waals surface area contributed by atoms with Crippen molar-refractivity contribution in [2.24, 2.45) is 11.8 Å². The molecule has 3 heteroatoms. The van der Waals surface area contributed by atoms with Gasteiger partial charge >= 0.3 is 0 Å². The average molecular weight is 284 g/mol. The monoisotopic (exact) mass is 284 g/mol. The fraction of sp³-hybridized carbons (Fsp3) is 0.500. The smallest absolute Gasteiger partial charge is 0.134 e. The molecule has 1 heterocycles. The highest BCUT2D eigenvalue weighted by Gasteiger charge is 2.25. The maximum Gasteiger partial charge on any atom is 0.134 e. The van der Waals surface area contributed by atoms with Crippen molar-refractivity contribution in [3.05, 3.63) is 30.5 Å². The molecule has 112 valence electrons. The molecule has 0 radical (unpaired) electrons. The van der Waals surface area contributed by atoms with Crippen molar-refractivity contribution >= 4 is 16.6 Å². The Bertz CT molecular complexity index is 626. The Kier molecular flexibility index (Phi) is 4.00. The Balaban J connectivity index is 1.87. The molecular formula is C18H24N2O. The molecular weight excluding hydrogens is 260 g/mol. The maximum absolute atomic E-state index is 5.45. The normalized spacial score (nSPS) is 25.8. The molecule has 1 aliphatic carbocycles. The number of pyridine rings is 1. The first-order valence-electron chi connectivity index (χ1n) is 7.87. The molecule has 1 aromatic carbocycles. The summed E-state index contributed by atoms with van der Waals surface area (Å²) < 4.78 is 5.45. The highest BCUT2D eigenvalue weighted by atomic mass is 16.5. The number of methoxy groups -OCH3 is 1. The van der Waals surface area contributed by atoms with Crippen LogP contribution < -0.4 is 10.1 Å². The summed E-state index contributed by atoms with van der Waals surface area (Å²) in [5, 5.41) is 5.92. The van der Waals surface area contributed by atoms with Crippen LogP contribution in [0.25, 0.3) is 10.8 Å². The number of fused-ring (bicyclic) bond motifs is 1. The van der Waals surface area contributed by atoms with Crippen LogP contribution in [0.5, 0.6) is 5.75 Å². The summed E-state index contributed by atoms with van der Waals surface area (Å²) in [6, 6.07) is 8.68. The standard InChI is InChI=1S/C18H24N2O/c1-12-7-8-14(11-13(12)2)20-18-16-5-4-6-17(21-3)15(16)9-10-19-18/h4-6,9-10,12-14H,7-8,11H2,1-3H3,(H,19,20). The summed E-state index contributed by atoms with van der Waals surface area (Å²) in [7, 11) is 1.71. The Morgan fingerprint density at radius 3 is 2.71 bits per heavy atom. The molecule has 1 aliphatic rings. The number of hydrogen-bond acceptors (Lipinski definition) is 3. The van der Waals surface area contributed by atoms with Crippen LogP contribution in [0.15, 0.2) is 30.5 Å². The lowest BCUT2D eigenvalue weighted by Crippen LogP contribution is -2.30. The van der Waals surface area contributed by atoms with Crippen molar-refractivity contribution in [2.45, 2.75) is 39.2 Å². The highest BCUT2D eigenvalue weighted by Crippen LogP contribution is 2.33. The summed E-state index contributed by atoms with van der Waals surface area (Å²) in [6.45, 7) is 4.72. The molecule has 1 aromatic heterocycles. The van der Waals surface area contributed by atoms with Crippen LogP contribution in [0, 0.1) is 11.8 Å². The van der Waals surface area contributed by atoms with Gasteiger partial charge in [-0.3, -0.25) is 0 Å². The molecule has 3 rings (SSSR count). The van der Waals surface area contributed by atoms with Crippen LogP contribution in [0.4, 0.5) is 5.82 Å². The first-order chi connectivity index (χ1) is 10.2. The van der Waals surface area contributed by atoms with E-state index in [0.717, 1.165) is 34.2 Å². The molecule has 0 amide bonds. The first-order valence-corrected chi connectivity index (χ1v) is 7.87. The molecule has 21 heavy (non-hydrogen) atoms. The molecule has 0 aliphatic heterocycles. The topological polar surface area (TPSA) is 34.1 Å². The lowest BCUT2D eigenvalue weighted by atomic mass is 9.79. The Labute approximate surface area is 126 Å². The molecule has 2 aromatic rings. The predicted octanol–water partition coefficient (Wildman–Crippen LogP) is 4.48. The molecule has 0 bridgehead atoms. The second kappa shape index (κ2) is 5.92. The van der Waals surface area contributed by atoms with Crippen LogP contribution in [0.2, 0.25) is 0 Å². The van der Waals surface area contributed by atoms with Crippen molar-refractivity contribution in [3.63, 3.8) is 0 Å². The van der Waals surface area contributed by atoms with Gasteiger partial charge in [-0.1, -0.05) is 26.0 Å². The van der Waals surface area contributed by atoms with Gasteiger partial charge in [0.15, 0.2) is 0 Å². The lowest BCUT2D eigenvalue weighted by Gasteiger charge is -2.33.